The zero-order valence-corrected chi connectivity index (χ0v) is 13.2. The minimum atomic E-state index is -4.39. The maximum atomic E-state index is 12.7. The van der Waals surface area contributed by atoms with Crippen LogP contribution in [0.15, 0.2) is 52.9 Å². The first kappa shape index (κ1) is 16.8. The zero-order chi connectivity index (χ0) is 17.9. The van der Waals surface area contributed by atoms with E-state index >= 15 is 0 Å². The maximum Gasteiger partial charge on any atom is 0.416 e. The molecule has 130 valence electrons. The number of aromatic nitrogens is 2. The van der Waals surface area contributed by atoms with Crippen molar-refractivity contribution in [3.63, 3.8) is 0 Å². The van der Waals surface area contributed by atoms with E-state index in [1.165, 1.54) is 19.2 Å². The second kappa shape index (κ2) is 6.84. The molecule has 1 N–H and O–H groups in total. The number of para-hydroxylation sites is 1. The highest BCUT2D eigenvalue weighted by Gasteiger charge is 2.30. The molecular weight excluding hydrogens is 335 g/mol. The number of hydrogen-bond donors (Lipinski definition) is 1. The van der Waals surface area contributed by atoms with Gasteiger partial charge in [-0.2, -0.15) is 13.2 Å². The van der Waals surface area contributed by atoms with Gasteiger partial charge < -0.3 is 14.5 Å². The number of rotatable bonds is 5. The monoisotopic (exact) mass is 349 g/mol. The molecule has 0 amide bonds. The van der Waals surface area contributed by atoms with Crippen molar-refractivity contribution in [2.24, 2.45) is 0 Å². The van der Waals surface area contributed by atoms with E-state index in [9.17, 15) is 13.2 Å². The summed E-state index contributed by atoms with van der Waals surface area (Å²) in [4.78, 5) is 0. The number of anilines is 1. The minimum Gasteiger partial charge on any atom is -0.496 e. The molecule has 3 rings (SSSR count). The molecule has 5 nitrogen and oxygen atoms in total. The smallest absolute Gasteiger partial charge is 0.416 e. The molecule has 0 radical (unpaired) electrons. The Morgan fingerprint density at radius 3 is 2.64 bits per heavy atom. The highest BCUT2D eigenvalue weighted by molar-refractivity contribution is 5.62. The van der Waals surface area contributed by atoms with Gasteiger partial charge in [0.05, 0.1) is 24.8 Å². The summed E-state index contributed by atoms with van der Waals surface area (Å²) in [7, 11) is 1.53. The first-order chi connectivity index (χ1) is 12.0. The Labute approximate surface area is 141 Å². The van der Waals surface area contributed by atoms with Gasteiger partial charge in [0.2, 0.25) is 5.89 Å². The van der Waals surface area contributed by atoms with E-state index in [-0.39, 0.29) is 18.3 Å². The number of ether oxygens (including phenoxy) is 1. The molecule has 0 unspecified atom stereocenters. The summed E-state index contributed by atoms with van der Waals surface area (Å²) in [5.74, 6) is 1.11. The van der Waals surface area contributed by atoms with Crippen LogP contribution in [0.25, 0.3) is 11.5 Å². The van der Waals surface area contributed by atoms with E-state index in [2.05, 4.69) is 15.5 Å². The first-order valence-corrected chi connectivity index (χ1v) is 7.34. The molecule has 0 fully saturated rings. The molecule has 3 aromatic rings. The van der Waals surface area contributed by atoms with Gasteiger partial charge in [-0.15, -0.1) is 10.2 Å². The maximum absolute atomic E-state index is 12.7. The van der Waals surface area contributed by atoms with Crippen molar-refractivity contribution in [2.75, 3.05) is 12.4 Å². The van der Waals surface area contributed by atoms with Crippen molar-refractivity contribution in [1.82, 2.24) is 10.2 Å². The largest absolute Gasteiger partial charge is 0.496 e. The number of hydrogen-bond acceptors (Lipinski definition) is 5. The van der Waals surface area contributed by atoms with E-state index in [0.717, 1.165) is 12.1 Å². The molecule has 0 bridgehead atoms. The van der Waals surface area contributed by atoms with Crippen LogP contribution in [0.2, 0.25) is 0 Å². The van der Waals surface area contributed by atoms with Gasteiger partial charge in [-0.25, -0.2) is 0 Å². The van der Waals surface area contributed by atoms with Crippen molar-refractivity contribution in [1.29, 1.82) is 0 Å². The second-order valence-corrected chi connectivity index (χ2v) is 5.13. The summed E-state index contributed by atoms with van der Waals surface area (Å²) in [6.45, 7) is 0.101. The van der Waals surface area contributed by atoms with Crippen LogP contribution in [0.4, 0.5) is 18.9 Å². The van der Waals surface area contributed by atoms with Crippen LogP contribution < -0.4 is 10.1 Å². The van der Waals surface area contributed by atoms with Crippen LogP contribution in [-0.4, -0.2) is 17.3 Å². The van der Waals surface area contributed by atoms with Gasteiger partial charge in [0, 0.05) is 5.69 Å². The molecule has 0 saturated carbocycles. The fraction of sp³-hybridized carbons (Fsp3) is 0.176. The van der Waals surface area contributed by atoms with Crippen LogP contribution in [0.5, 0.6) is 5.75 Å². The summed E-state index contributed by atoms with van der Waals surface area (Å²) in [6.07, 6.45) is -4.39. The number of halogens is 3. The van der Waals surface area contributed by atoms with Crippen molar-refractivity contribution < 1.29 is 22.3 Å². The SMILES string of the molecule is COc1ccccc1-c1nnc(CNc2cccc(C(F)(F)F)c2)o1. The van der Waals surface area contributed by atoms with E-state index in [4.69, 9.17) is 9.15 Å². The number of methoxy groups -OCH3 is 1. The minimum absolute atomic E-state index is 0.101. The Balaban J connectivity index is 1.72. The lowest BCUT2D eigenvalue weighted by molar-refractivity contribution is -0.137. The quantitative estimate of drug-likeness (QED) is 0.741. The molecule has 1 aromatic heterocycles. The Kier molecular flexibility index (Phi) is 4.60. The Morgan fingerprint density at radius 2 is 1.88 bits per heavy atom. The third-order valence-electron chi connectivity index (χ3n) is 3.44. The van der Waals surface area contributed by atoms with E-state index in [1.54, 1.807) is 12.1 Å². The van der Waals surface area contributed by atoms with Crippen molar-refractivity contribution in [3.8, 4) is 17.2 Å². The highest BCUT2D eigenvalue weighted by atomic mass is 19.4. The van der Waals surface area contributed by atoms with Gasteiger partial charge in [-0.05, 0) is 30.3 Å². The predicted octanol–water partition coefficient (Wildman–Crippen LogP) is 4.38. The van der Waals surface area contributed by atoms with Crippen LogP contribution in [0.1, 0.15) is 11.5 Å². The zero-order valence-electron chi connectivity index (χ0n) is 13.2. The van der Waals surface area contributed by atoms with Gasteiger partial charge in [-0.1, -0.05) is 18.2 Å². The molecule has 0 aliphatic heterocycles. The molecule has 2 aromatic carbocycles. The van der Waals surface area contributed by atoms with Crippen molar-refractivity contribution >= 4 is 5.69 Å². The summed E-state index contributed by atoms with van der Waals surface area (Å²) >= 11 is 0. The molecule has 0 saturated heterocycles. The average Bonchev–Trinajstić information content (AvgIpc) is 3.08. The lowest BCUT2D eigenvalue weighted by Gasteiger charge is -2.09. The number of nitrogens with one attached hydrogen (secondary N) is 1. The Bertz CT molecular complexity index is 862. The second-order valence-electron chi connectivity index (χ2n) is 5.13. The lowest BCUT2D eigenvalue weighted by Crippen LogP contribution is -2.06. The van der Waals surface area contributed by atoms with Gasteiger partial charge in [0.25, 0.3) is 5.89 Å². The third-order valence-corrected chi connectivity index (χ3v) is 3.44. The molecule has 0 aliphatic rings. The van der Waals surface area contributed by atoms with E-state index in [0.29, 0.717) is 17.0 Å². The van der Waals surface area contributed by atoms with Gasteiger partial charge in [0.1, 0.15) is 5.75 Å². The Hall–Kier alpha value is -3.03. The average molecular weight is 349 g/mol. The summed E-state index contributed by atoms with van der Waals surface area (Å²) in [5.41, 5.74) is 0.229. The Morgan fingerprint density at radius 1 is 1.08 bits per heavy atom. The molecule has 0 atom stereocenters. The molecule has 8 heteroatoms. The van der Waals surface area contributed by atoms with Crippen LogP contribution in [0, 0.1) is 0 Å². The topological polar surface area (TPSA) is 60.2 Å². The van der Waals surface area contributed by atoms with Gasteiger partial charge in [0.15, 0.2) is 0 Å². The fourth-order valence-electron chi connectivity index (χ4n) is 2.24. The van der Waals surface area contributed by atoms with Gasteiger partial charge in [-0.3, -0.25) is 0 Å². The summed E-state index contributed by atoms with van der Waals surface area (Å²) in [5, 5.41) is 10.7. The van der Waals surface area contributed by atoms with Gasteiger partial charge >= 0.3 is 6.18 Å². The molecule has 25 heavy (non-hydrogen) atoms. The third kappa shape index (κ3) is 3.90. The normalized spacial score (nSPS) is 11.4. The molecule has 0 aliphatic carbocycles. The first-order valence-electron chi connectivity index (χ1n) is 7.34. The standard InChI is InChI=1S/C17H14F3N3O2/c1-24-14-8-3-2-7-13(14)16-23-22-15(25-16)10-21-12-6-4-5-11(9-12)17(18,19)20/h2-9,21H,10H2,1H3. The van der Waals surface area contributed by atoms with E-state index < -0.39 is 11.7 Å². The number of benzene rings is 2. The molecule has 0 spiro atoms. The van der Waals surface area contributed by atoms with Crippen molar-refractivity contribution in [3.05, 3.63) is 60.0 Å². The summed E-state index contributed by atoms with van der Waals surface area (Å²) in [6, 6.07) is 12.1. The summed E-state index contributed by atoms with van der Waals surface area (Å²) < 4.78 is 48.9. The lowest BCUT2D eigenvalue weighted by atomic mass is 10.2. The van der Waals surface area contributed by atoms with Crippen LogP contribution in [-0.2, 0) is 12.7 Å². The van der Waals surface area contributed by atoms with Crippen molar-refractivity contribution in [2.45, 2.75) is 12.7 Å². The number of alkyl halides is 3. The molecule has 1 heterocycles. The number of nitrogens with zero attached hydrogens (tertiary/aromatic N) is 2. The predicted molar refractivity (Wildman–Crippen MR) is 85.1 cm³/mol. The highest BCUT2D eigenvalue weighted by Crippen LogP contribution is 2.31. The van der Waals surface area contributed by atoms with Crippen LogP contribution >= 0.6 is 0 Å². The fourth-order valence-corrected chi connectivity index (χ4v) is 2.24. The van der Waals surface area contributed by atoms with E-state index in [1.807, 2.05) is 12.1 Å². The van der Waals surface area contributed by atoms with Crippen LogP contribution in [0.3, 0.4) is 0 Å². The molecular formula is C17H14F3N3O2.